The Morgan fingerprint density at radius 3 is 2.88 bits per heavy atom. The second-order valence-electron chi connectivity index (χ2n) is 3.85. The molecule has 2 rings (SSSR count). The minimum absolute atomic E-state index is 0.325. The third kappa shape index (κ3) is 2.69. The van der Waals surface area contributed by atoms with E-state index in [2.05, 4.69) is 5.32 Å². The molecule has 0 aromatic carbocycles. The van der Waals surface area contributed by atoms with Crippen LogP contribution in [0, 0.1) is 0 Å². The summed E-state index contributed by atoms with van der Waals surface area (Å²) < 4.78 is 5.00. The van der Waals surface area contributed by atoms with E-state index in [1.807, 2.05) is 6.26 Å². The molecule has 0 aliphatic heterocycles. The van der Waals surface area contributed by atoms with Gasteiger partial charge in [-0.15, -0.1) is 23.1 Å². The lowest BCUT2D eigenvalue weighted by Crippen LogP contribution is -2.04. The molecule has 0 atom stereocenters. The van der Waals surface area contributed by atoms with Gasteiger partial charge in [-0.1, -0.05) is 0 Å². The van der Waals surface area contributed by atoms with Crippen molar-refractivity contribution in [2.45, 2.75) is 30.7 Å². The molecule has 1 heterocycles. The fraction of sp³-hybridized carbons (Fsp3) is 0.545. The molecule has 0 radical (unpaired) electrons. The standard InChI is InChI=1S/C11H16N2O2S2/c1-3-15-11(14)9-7(12)8(16-2)10(17-9)13-6-4-5-6/h6,13H,3-5,12H2,1-2H3. The molecule has 1 saturated carbocycles. The van der Waals surface area contributed by atoms with Crippen molar-refractivity contribution in [3.05, 3.63) is 4.88 Å². The first-order chi connectivity index (χ1) is 8.17. The number of carbonyl (C=O) groups is 1. The van der Waals surface area contributed by atoms with Crippen molar-refractivity contribution in [1.29, 1.82) is 0 Å². The fourth-order valence-corrected chi connectivity index (χ4v) is 3.48. The summed E-state index contributed by atoms with van der Waals surface area (Å²) in [6.45, 7) is 2.16. The summed E-state index contributed by atoms with van der Waals surface area (Å²) in [5.74, 6) is -0.325. The first-order valence-electron chi connectivity index (χ1n) is 5.57. The van der Waals surface area contributed by atoms with Crippen LogP contribution in [0.5, 0.6) is 0 Å². The highest BCUT2D eigenvalue weighted by Gasteiger charge is 2.26. The Bertz CT molecular complexity index is 427. The number of nitrogens with two attached hydrogens (primary N) is 1. The molecule has 6 heteroatoms. The summed E-state index contributed by atoms with van der Waals surface area (Å²) >= 11 is 2.96. The van der Waals surface area contributed by atoms with Crippen molar-refractivity contribution in [3.63, 3.8) is 0 Å². The van der Waals surface area contributed by atoms with Crippen LogP contribution in [0.4, 0.5) is 10.7 Å². The second kappa shape index (κ2) is 5.18. The summed E-state index contributed by atoms with van der Waals surface area (Å²) in [6.07, 6.45) is 4.35. The van der Waals surface area contributed by atoms with Crippen molar-refractivity contribution >= 4 is 39.8 Å². The van der Waals surface area contributed by atoms with Crippen molar-refractivity contribution in [1.82, 2.24) is 0 Å². The lowest BCUT2D eigenvalue weighted by atomic mass is 10.4. The largest absolute Gasteiger partial charge is 0.462 e. The van der Waals surface area contributed by atoms with E-state index >= 15 is 0 Å². The Hall–Kier alpha value is -0.880. The average Bonchev–Trinajstić information content (AvgIpc) is 3.04. The van der Waals surface area contributed by atoms with E-state index in [4.69, 9.17) is 10.5 Å². The van der Waals surface area contributed by atoms with Crippen LogP contribution in [0.3, 0.4) is 0 Å². The van der Waals surface area contributed by atoms with Gasteiger partial charge in [0.1, 0.15) is 9.88 Å². The van der Waals surface area contributed by atoms with Gasteiger partial charge in [-0.05, 0) is 26.0 Å². The molecule has 0 spiro atoms. The van der Waals surface area contributed by atoms with Crippen LogP contribution in [-0.2, 0) is 4.74 Å². The Morgan fingerprint density at radius 1 is 1.65 bits per heavy atom. The highest BCUT2D eigenvalue weighted by Crippen LogP contribution is 2.43. The van der Waals surface area contributed by atoms with Crippen molar-refractivity contribution < 1.29 is 9.53 Å². The number of thiophene rings is 1. The predicted octanol–water partition coefficient (Wildman–Crippen LogP) is 2.80. The first kappa shape index (κ1) is 12.6. The van der Waals surface area contributed by atoms with Crippen molar-refractivity contribution in [3.8, 4) is 0 Å². The minimum atomic E-state index is -0.325. The van der Waals surface area contributed by atoms with Gasteiger partial charge in [0.25, 0.3) is 0 Å². The van der Waals surface area contributed by atoms with Gasteiger partial charge >= 0.3 is 5.97 Å². The number of esters is 1. The molecule has 1 aromatic heterocycles. The Morgan fingerprint density at radius 2 is 2.35 bits per heavy atom. The maximum atomic E-state index is 11.7. The van der Waals surface area contributed by atoms with Crippen molar-refractivity contribution in [2.24, 2.45) is 0 Å². The normalized spacial score (nSPS) is 14.7. The molecule has 3 N–H and O–H groups in total. The Kier molecular flexibility index (Phi) is 3.83. The smallest absolute Gasteiger partial charge is 0.350 e. The molecular formula is C11H16N2O2S2. The Labute approximate surface area is 109 Å². The van der Waals surface area contributed by atoms with Crippen LogP contribution in [0.2, 0.25) is 0 Å². The highest BCUT2D eigenvalue weighted by molar-refractivity contribution is 7.99. The number of rotatable bonds is 5. The van der Waals surface area contributed by atoms with E-state index in [1.165, 1.54) is 24.2 Å². The molecule has 0 bridgehead atoms. The lowest BCUT2D eigenvalue weighted by Gasteiger charge is -2.03. The monoisotopic (exact) mass is 272 g/mol. The summed E-state index contributed by atoms with van der Waals surface area (Å²) in [5.41, 5.74) is 6.54. The van der Waals surface area contributed by atoms with E-state index in [1.54, 1.807) is 18.7 Å². The second-order valence-corrected chi connectivity index (χ2v) is 5.68. The molecule has 4 nitrogen and oxygen atoms in total. The third-order valence-corrected chi connectivity index (χ3v) is 4.56. The quantitative estimate of drug-likeness (QED) is 0.637. The first-order valence-corrected chi connectivity index (χ1v) is 7.61. The maximum absolute atomic E-state index is 11.7. The van der Waals surface area contributed by atoms with Crippen LogP contribution in [-0.4, -0.2) is 24.9 Å². The van der Waals surface area contributed by atoms with Crippen LogP contribution in [0.15, 0.2) is 4.90 Å². The molecule has 94 valence electrons. The number of thioether (sulfide) groups is 1. The van der Waals surface area contributed by atoms with Gasteiger partial charge < -0.3 is 15.8 Å². The SMILES string of the molecule is CCOC(=O)c1sc(NC2CC2)c(SC)c1N. The Balaban J connectivity index is 2.26. The zero-order valence-electron chi connectivity index (χ0n) is 9.91. The van der Waals surface area contributed by atoms with Crippen LogP contribution in [0.25, 0.3) is 0 Å². The maximum Gasteiger partial charge on any atom is 0.350 e. The number of hydrogen-bond donors (Lipinski definition) is 2. The van der Waals surface area contributed by atoms with Crippen LogP contribution < -0.4 is 11.1 Å². The van der Waals surface area contributed by atoms with E-state index < -0.39 is 0 Å². The van der Waals surface area contributed by atoms with E-state index in [9.17, 15) is 4.79 Å². The topological polar surface area (TPSA) is 64.3 Å². The summed E-state index contributed by atoms with van der Waals surface area (Å²) in [4.78, 5) is 13.2. The third-order valence-electron chi connectivity index (χ3n) is 2.48. The molecule has 0 unspecified atom stereocenters. The van der Waals surface area contributed by atoms with Crippen LogP contribution >= 0.6 is 23.1 Å². The molecule has 0 amide bonds. The number of nitrogens with one attached hydrogen (secondary N) is 1. The van der Waals surface area contributed by atoms with Gasteiger partial charge in [-0.25, -0.2) is 4.79 Å². The van der Waals surface area contributed by atoms with Crippen molar-refractivity contribution in [2.75, 3.05) is 23.9 Å². The summed E-state index contributed by atoms with van der Waals surface area (Å²) in [6, 6.07) is 0.550. The van der Waals surface area contributed by atoms with E-state index in [-0.39, 0.29) is 5.97 Å². The van der Waals surface area contributed by atoms with Gasteiger partial charge in [0, 0.05) is 6.04 Å². The fourth-order valence-electron chi connectivity index (χ4n) is 1.49. The molecule has 1 aliphatic rings. The minimum Gasteiger partial charge on any atom is -0.462 e. The van der Waals surface area contributed by atoms with Gasteiger partial charge in [0.2, 0.25) is 0 Å². The average molecular weight is 272 g/mol. The zero-order valence-corrected chi connectivity index (χ0v) is 11.5. The predicted molar refractivity (Wildman–Crippen MR) is 73.1 cm³/mol. The molecule has 17 heavy (non-hydrogen) atoms. The number of carbonyl (C=O) groups excluding carboxylic acids is 1. The summed E-state index contributed by atoms with van der Waals surface area (Å²) in [5, 5.41) is 4.40. The lowest BCUT2D eigenvalue weighted by molar-refractivity contribution is 0.0533. The number of anilines is 2. The number of hydrogen-bond acceptors (Lipinski definition) is 6. The van der Waals surface area contributed by atoms with E-state index in [0.29, 0.717) is 23.2 Å². The van der Waals surface area contributed by atoms with Gasteiger partial charge in [0.15, 0.2) is 0 Å². The molecule has 0 saturated heterocycles. The zero-order chi connectivity index (χ0) is 12.4. The summed E-state index contributed by atoms with van der Waals surface area (Å²) in [7, 11) is 0. The highest BCUT2D eigenvalue weighted by atomic mass is 32.2. The van der Waals surface area contributed by atoms with Crippen LogP contribution in [0.1, 0.15) is 29.4 Å². The number of ether oxygens (including phenoxy) is 1. The number of nitrogen functional groups attached to an aromatic ring is 1. The molecule has 1 fully saturated rings. The molecule has 1 aromatic rings. The van der Waals surface area contributed by atoms with Gasteiger partial charge in [-0.2, -0.15) is 0 Å². The van der Waals surface area contributed by atoms with Gasteiger partial charge in [-0.3, -0.25) is 0 Å². The molecule has 1 aliphatic carbocycles. The van der Waals surface area contributed by atoms with E-state index in [0.717, 1.165) is 9.90 Å². The van der Waals surface area contributed by atoms with Gasteiger partial charge in [0.05, 0.1) is 17.2 Å². The molecular weight excluding hydrogens is 256 g/mol.